The predicted octanol–water partition coefficient (Wildman–Crippen LogP) is 4.53. The van der Waals surface area contributed by atoms with Crippen molar-refractivity contribution in [3.05, 3.63) is 77.2 Å². The maximum Gasteiger partial charge on any atom is 0.255 e. The fourth-order valence-electron chi connectivity index (χ4n) is 3.68. The van der Waals surface area contributed by atoms with Gasteiger partial charge in [0.05, 0.1) is 17.3 Å². The minimum Gasteiger partial charge on any atom is -0.493 e. The first-order chi connectivity index (χ1) is 16.1. The lowest BCUT2D eigenvalue weighted by molar-refractivity contribution is 0.444. The summed E-state index contributed by atoms with van der Waals surface area (Å²) in [7, 11) is 0. The maximum absolute atomic E-state index is 10.5. The van der Waals surface area contributed by atoms with Crippen LogP contribution in [0.3, 0.4) is 0 Å². The molecule has 0 bridgehead atoms. The predicted molar refractivity (Wildman–Crippen MR) is 130 cm³/mol. The molecular weight excluding hydrogens is 412 g/mol. The Hall–Kier alpha value is -3.76. The molecule has 2 heterocycles. The van der Waals surface area contributed by atoms with Gasteiger partial charge in [-0.3, -0.25) is 0 Å². The van der Waals surface area contributed by atoms with E-state index in [1.165, 1.54) is 6.33 Å². The smallest absolute Gasteiger partial charge is 0.255 e. The molecule has 0 aliphatic heterocycles. The molecule has 2 N–H and O–H groups in total. The van der Waals surface area contributed by atoms with E-state index in [0.717, 1.165) is 53.9 Å². The summed E-state index contributed by atoms with van der Waals surface area (Å²) >= 11 is 0. The highest BCUT2D eigenvalue weighted by molar-refractivity contribution is 5.70. The van der Waals surface area contributed by atoms with Crippen molar-refractivity contribution in [2.24, 2.45) is 0 Å². The highest BCUT2D eigenvalue weighted by atomic mass is 16.3. The van der Waals surface area contributed by atoms with Crippen LogP contribution in [0.2, 0.25) is 0 Å². The van der Waals surface area contributed by atoms with Crippen LogP contribution >= 0.6 is 0 Å². The van der Waals surface area contributed by atoms with Crippen molar-refractivity contribution in [1.29, 1.82) is 5.26 Å². The number of benzene rings is 2. The fraction of sp³-hybridized carbons (Fsp3) is 0.308. The van der Waals surface area contributed by atoms with Crippen LogP contribution in [0, 0.1) is 11.3 Å². The Kier molecular flexibility index (Phi) is 8.50. The molecule has 0 aliphatic rings. The lowest BCUT2D eigenvalue weighted by atomic mass is 9.97. The van der Waals surface area contributed by atoms with E-state index in [0.29, 0.717) is 17.8 Å². The van der Waals surface area contributed by atoms with Gasteiger partial charge in [0.2, 0.25) is 5.88 Å². The molecule has 4 aromatic rings. The number of rotatable bonds is 7. The Balaban J connectivity index is 0.000000555. The van der Waals surface area contributed by atoms with Gasteiger partial charge in [0.15, 0.2) is 0 Å². The van der Waals surface area contributed by atoms with Crippen LogP contribution in [0.25, 0.3) is 16.9 Å². The molecule has 7 heteroatoms. The minimum absolute atomic E-state index is 0.00264. The largest absolute Gasteiger partial charge is 0.493 e. The SMILES string of the molecule is CCCc1c(Cc2ccc(-c3ccccc3C#N)cc2)c(O)nc2ncnn12.CCNCC. The zero-order valence-corrected chi connectivity index (χ0v) is 19.4. The second-order valence-electron chi connectivity index (χ2n) is 7.57. The molecule has 33 heavy (non-hydrogen) atoms. The van der Waals surface area contributed by atoms with Crippen LogP contribution in [-0.2, 0) is 12.8 Å². The number of nitrogens with one attached hydrogen (secondary N) is 1. The highest BCUT2D eigenvalue weighted by Gasteiger charge is 2.16. The molecule has 2 aromatic heterocycles. The first-order valence-corrected chi connectivity index (χ1v) is 11.3. The average molecular weight is 443 g/mol. The Morgan fingerprint density at radius 2 is 1.76 bits per heavy atom. The van der Waals surface area contributed by atoms with E-state index in [2.05, 4.69) is 47.2 Å². The van der Waals surface area contributed by atoms with Gasteiger partial charge in [-0.15, -0.1) is 0 Å². The van der Waals surface area contributed by atoms with Crippen molar-refractivity contribution in [3.63, 3.8) is 0 Å². The van der Waals surface area contributed by atoms with Gasteiger partial charge in [-0.25, -0.2) is 4.52 Å². The zero-order valence-electron chi connectivity index (χ0n) is 19.4. The summed E-state index contributed by atoms with van der Waals surface area (Å²) in [5.41, 5.74) is 5.30. The summed E-state index contributed by atoms with van der Waals surface area (Å²) in [5, 5.41) is 27.1. The quantitative estimate of drug-likeness (QED) is 0.436. The fourth-order valence-corrected chi connectivity index (χ4v) is 3.68. The van der Waals surface area contributed by atoms with Crippen molar-refractivity contribution < 1.29 is 5.11 Å². The standard InChI is InChI=1S/C22H19N5O.C4H11N/c1-2-5-20-19(21(28)26-22-24-14-25-27(20)22)12-15-8-10-16(11-9-15)18-7-4-3-6-17(18)13-23;1-3-5-4-2/h3-4,6-11,14H,2,5,12H2,1H3,(H,24,25,26,28);5H,3-4H2,1-2H3. The molecule has 0 fully saturated rings. The molecule has 4 rings (SSSR count). The van der Waals surface area contributed by atoms with Gasteiger partial charge in [-0.2, -0.15) is 20.3 Å². The normalized spacial score (nSPS) is 10.5. The summed E-state index contributed by atoms with van der Waals surface area (Å²) in [4.78, 5) is 8.26. The van der Waals surface area contributed by atoms with Gasteiger partial charge in [0.1, 0.15) is 6.33 Å². The maximum atomic E-state index is 10.5. The molecule has 0 saturated heterocycles. The van der Waals surface area contributed by atoms with Crippen LogP contribution in [0.5, 0.6) is 5.88 Å². The lowest BCUT2D eigenvalue weighted by Gasteiger charge is -2.12. The molecule has 0 aliphatic carbocycles. The third-order valence-corrected chi connectivity index (χ3v) is 5.29. The summed E-state index contributed by atoms with van der Waals surface area (Å²) in [6.45, 7) is 8.48. The van der Waals surface area contributed by atoms with Crippen molar-refractivity contribution in [2.45, 2.75) is 40.0 Å². The van der Waals surface area contributed by atoms with E-state index >= 15 is 0 Å². The first kappa shape index (κ1) is 23.9. The average Bonchev–Trinajstić information content (AvgIpc) is 3.31. The minimum atomic E-state index is 0.00264. The molecular formula is C26H30N6O. The van der Waals surface area contributed by atoms with Crippen molar-refractivity contribution in [1.82, 2.24) is 24.9 Å². The van der Waals surface area contributed by atoms with Crippen LogP contribution in [-0.4, -0.2) is 37.8 Å². The third-order valence-electron chi connectivity index (χ3n) is 5.29. The number of aryl methyl sites for hydroxylation is 1. The number of hydrogen-bond donors (Lipinski definition) is 2. The summed E-state index contributed by atoms with van der Waals surface area (Å²) < 4.78 is 1.70. The Labute approximate surface area is 194 Å². The molecule has 0 amide bonds. The van der Waals surface area contributed by atoms with Crippen LogP contribution < -0.4 is 5.32 Å². The number of nitrogens with zero attached hydrogens (tertiary/aromatic N) is 5. The lowest BCUT2D eigenvalue weighted by Crippen LogP contribution is -2.09. The van der Waals surface area contributed by atoms with E-state index in [-0.39, 0.29) is 5.88 Å². The second-order valence-corrected chi connectivity index (χ2v) is 7.57. The zero-order chi connectivity index (χ0) is 23.6. The summed E-state index contributed by atoms with van der Waals surface area (Å²) in [5.74, 6) is 0.413. The van der Waals surface area contributed by atoms with Gasteiger partial charge in [-0.1, -0.05) is 69.7 Å². The van der Waals surface area contributed by atoms with Crippen molar-refractivity contribution >= 4 is 5.78 Å². The van der Waals surface area contributed by atoms with Crippen molar-refractivity contribution in [2.75, 3.05) is 13.1 Å². The van der Waals surface area contributed by atoms with E-state index < -0.39 is 0 Å². The van der Waals surface area contributed by atoms with E-state index in [1.54, 1.807) is 4.52 Å². The topological polar surface area (TPSA) is 99.1 Å². The molecule has 0 spiro atoms. The van der Waals surface area contributed by atoms with E-state index in [9.17, 15) is 10.4 Å². The van der Waals surface area contributed by atoms with Gasteiger partial charge in [0.25, 0.3) is 5.78 Å². The summed E-state index contributed by atoms with van der Waals surface area (Å²) in [6, 6.07) is 17.8. The Bertz CT molecular complexity index is 1220. The van der Waals surface area contributed by atoms with E-state index in [4.69, 9.17) is 0 Å². The third kappa shape index (κ3) is 5.73. The Morgan fingerprint density at radius 3 is 2.39 bits per heavy atom. The van der Waals surface area contributed by atoms with Crippen LogP contribution in [0.1, 0.15) is 49.6 Å². The van der Waals surface area contributed by atoms with Crippen molar-refractivity contribution in [3.8, 4) is 23.1 Å². The summed E-state index contributed by atoms with van der Waals surface area (Å²) in [6.07, 6.45) is 3.70. The number of aromatic hydroxyl groups is 1. The molecule has 2 aromatic carbocycles. The Morgan fingerprint density at radius 1 is 1.03 bits per heavy atom. The molecule has 0 unspecified atom stereocenters. The number of nitriles is 1. The monoisotopic (exact) mass is 442 g/mol. The molecule has 0 saturated carbocycles. The van der Waals surface area contributed by atoms with Crippen LogP contribution in [0.15, 0.2) is 54.9 Å². The van der Waals surface area contributed by atoms with Gasteiger partial charge < -0.3 is 10.4 Å². The van der Waals surface area contributed by atoms with Gasteiger partial charge in [0, 0.05) is 12.0 Å². The first-order valence-electron chi connectivity index (χ1n) is 11.3. The molecule has 0 atom stereocenters. The van der Waals surface area contributed by atoms with Crippen LogP contribution in [0.4, 0.5) is 0 Å². The number of aromatic nitrogens is 4. The second kappa shape index (κ2) is 11.7. The number of fused-ring (bicyclic) bond motifs is 1. The van der Waals surface area contributed by atoms with E-state index in [1.807, 2.05) is 48.5 Å². The molecule has 170 valence electrons. The molecule has 7 nitrogen and oxygen atoms in total. The van der Waals surface area contributed by atoms with Gasteiger partial charge >= 0.3 is 0 Å². The highest BCUT2D eigenvalue weighted by Crippen LogP contribution is 2.27. The molecule has 0 radical (unpaired) electrons. The van der Waals surface area contributed by atoms with Gasteiger partial charge in [-0.05, 0) is 42.3 Å². The number of hydrogen-bond acceptors (Lipinski definition) is 6.